The molecular weight excluding hydrogens is 304 g/mol. The van der Waals surface area contributed by atoms with E-state index in [1.165, 1.54) is 0 Å². The van der Waals surface area contributed by atoms with Crippen LogP contribution in [-0.4, -0.2) is 25.6 Å². The topological polar surface area (TPSA) is 44.8 Å². The van der Waals surface area contributed by atoms with Crippen molar-refractivity contribution in [3.05, 3.63) is 29.8 Å². The zero-order chi connectivity index (χ0) is 17.6. The summed E-state index contributed by atoms with van der Waals surface area (Å²) < 4.78 is 17.0. The molecule has 0 unspecified atom stereocenters. The van der Waals surface area contributed by atoms with Gasteiger partial charge in [-0.3, -0.25) is 4.79 Å². The number of hydrogen-bond donors (Lipinski definition) is 0. The fourth-order valence-electron chi connectivity index (χ4n) is 2.81. The molecule has 4 nitrogen and oxygen atoms in total. The lowest BCUT2D eigenvalue weighted by atomic mass is 9.78. The van der Waals surface area contributed by atoms with Crippen LogP contribution in [0.1, 0.15) is 51.9 Å². The number of benzene rings is 1. The highest BCUT2D eigenvalue weighted by Crippen LogP contribution is 2.37. The molecule has 0 amide bonds. The zero-order valence-corrected chi connectivity index (χ0v) is 14.9. The smallest absolute Gasteiger partial charge is 0.184 e. The largest absolute Gasteiger partial charge is 0.497 e. The van der Waals surface area contributed by atoms with Crippen molar-refractivity contribution < 1.29 is 19.0 Å². The second-order valence-corrected chi connectivity index (χ2v) is 6.46. The Morgan fingerprint density at radius 3 is 2.67 bits per heavy atom. The molecule has 1 aromatic rings. The summed E-state index contributed by atoms with van der Waals surface area (Å²) in [4.78, 5) is 12.6. The van der Waals surface area contributed by atoms with Crippen molar-refractivity contribution in [2.45, 2.75) is 52.4 Å². The molecule has 0 aliphatic carbocycles. The average Bonchev–Trinajstić information content (AvgIpc) is 2.62. The quantitative estimate of drug-likeness (QED) is 0.742. The van der Waals surface area contributed by atoms with Gasteiger partial charge in [-0.05, 0) is 25.5 Å². The number of Topliss-reactive ketones (excluding diaryl/α,β-unsaturated/α-hetero) is 1. The molecule has 0 radical (unpaired) electrons. The number of hydrogen-bond acceptors (Lipinski definition) is 4. The SMILES string of the molecule is CC#CCCC(=O)C(C)(C)[C@@H]1CCO[C@H](c2ccc(OC)cc2)O1. The van der Waals surface area contributed by atoms with Gasteiger partial charge in [0, 0.05) is 23.8 Å². The van der Waals surface area contributed by atoms with Gasteiger partial charge < -0.3 is 14.2 Å². The Labute approximate surface area is 144 Å². The molecule has 0 bridgehead atoms. The van der Waals surface area contributed by atoms with Crippen molar-refractivity contribution in [1.29, 1.82) is 0 Å². The minimum absolute atomic E-state index is 0.166. The van der Waals surface area contributed by atoms with Crippen molar-refractivity contribution in [2.24, 2.45) is 5.41 Å². The summed E-state index contributed by atoms with van der Waals surface area (Å²) in [6, 6.07) is 7.62. The standard InChI is InChI=1S/C20H26O4/c1-5-6-7-8-17(21)20(2,3)18-13-14-23-19(24-18)15-9-11-16(22-4)12-10-15/h9-12,18-19H,7-8,13-14H2,1-4H3/t18-,19-/m0/s1. The van der Waals surface area contributed by atoms with Gasteiger partial charge in [-0.1, -0.05) is 26.0 Å². The van der Waals surface area contributed by atoms with E-state index >= 15 is 0 Å². The van der Waals surface area contributed by atoms with Crippen LogP contribution in [-0.2, 0) is 14.3 Å². The fraction of sp³-hybridized carbons (Fsp3) is 0.550. The van der Waals surface area contributed by atoms with Gasteiger partial charge in [0.15, 0.2) is 6.29 Å². The van der Waals surface area contributed by atoms with E-state index in [-0.39, 0.29) is 11.9 Å². The fourth-order valence-corrected chi connectivity index (χ4v) is 2.81. The summed E-state index contributed by atoms with van der Waals surface area (Å²) in [5.74, 6) is 6.76. The number of carbonyl (C=O) groups is 1. The predicted molar refractivity (Wildman–Crippen MR) is 92.6 cm³/mol. The highest BCUT2D eigenvalue weighted by Gasteiger charge is 2.40. The third-order valence-electron chi connectivity index (χ3n) is 4.50. The van der Waals surface area contributed by atoms with Gasteiger partial charge in [0.2, 0.25) is 0 Å². The first-order valence-electron chi connectivity index (χ1n) is 8.33. The number of ether oxygens (including phenoxy) is 3. The maximum atomic E-state index is 12.6. The lowest BCUT2D eigenvalue weighted by Gasteiger charge is -2.39. The van der Waals surface area contributed by atoms with Crippen LogP contribution in [0.4, 0.5) is 0 Å². The zero-order valence-electron chi connectivity index (χ0n) is 14.9. The Morgan fingerprint density at radius 2 is 2.04 bits per heavy atom. The van der Waals surface area contributed by atoms with Gasteiger partial charge in [-0.25, -0.2) is 0 Å². The first-order chi connectivity index (χ1) is 11.5. The van der Waals surface area contributed by atoms with E-state index < -0.39 is 11.7 Å². The lowest BCUT2D eigenvalue weighted by molar-refractivity contribution is -0.238. The highest BCUT2D eigenvalue weighted by atomic mass is 16.7. The second-order valence-electron chi connectivity index (χ2n) is 6.46. The van der Waals surface area contributed by atoms with E-state index in [4.69, 9.17) is 14.2 Å². The average molecular weight is 330 g/mol. The van der Waals surface area contributed by atoms with E-state index in [0.29, 0.717) is 25.9 Å². The summed E-state index contributed by atoms with van der Waals surface area (Å²) in [5, 5.41) is 0. The van der Waals surface area contributed by atoms with E-state index in [9.17, 15) is 4.79 Å². The van der Waals surface area contributed by atoms with Gasteiger partial charge in [-0.2, -0.15) is 0 Å². The Morgan fingerprint density at radius 1 is 1.33 bits per heavy atom. The van der Waals surface area contributed by atoms with E-state index in [0.717, 1.165) is 11.3 Å². The van der Waals surface area contributed by atoms with Crippen LogP contribution in [0.15, 0.2) is 24.3 Å². The van der Waals surface area contributed by atoms with Crippen molar-refractivity contribution in [1.82, 2.24) is 0 Å². The third-order valence-corrected chi connectivity index (χ3v) is 4.50. The van der Waals surface area contributed by atoms with Gasteiger partial charge in [0.25, 0.3) is 0 Å². The Balaban J connectivity index is 2.04. The normalized spacial score (nSPS) is 20.8. The molecule has 0 spiro atoms. The molecule has 1 saturated heterocycles. The molecule has 0 saturated carbocycles. The molecule has 1 heterocycles. The van der Waals surface area contributed by atoms with Crippen molar-refractivity contribution in [3.8, 4) is 17.6 Å². The molecule has 130 valence electrons. The third kappa shape index (κ3) is 4.37. The van der Waals surface area contributed by atoms with Crippen LogP contribution < -0.4 is 4.74 Å². The maximum Gasteiger partial charge on any atom is 0.184 e. The van der Waals surface area contributed by atoms with Gasteiger partial charge >= 0.3 is 0 Å². The first-order valence-corrected chi connectivity index (χ1v) is 8.33. The number of rotatable bonds is 6. The van der Waals surface area contributed by atoms with Crippen LogP contribution >= 0.6 is 0 Å². The molecule has 1 aromatic carbocycles. The first kappa shape index (κ1) is 18.5. The van der Waals surface area contributed by atoms with Crippen molar-refractivity contribution in [3.63, 3.8) is 0 Å². The highest BCUT2D eigenvalue weighted by molar-refractivity contribution is 5.84. The summed E-state index contributed by atoms with van der Waals surface area (Å²) in [6.45, 7) is 6.27. The second kappa shape index (κ2) is 8.32. The van der Waals surface area contributed by atoms with Crippen LogP contribution in [0.2, 0.25) is 0 Å². The molecule has 2 atom stereocenters. The van der Waals surface area contributed by atoms with E-state index in [1.54, 1.807) is 14.0 Å². The molecule has 2 rings (SSSR count). The van der Waals surface area contributed by atoms with Crippen LogP contribution in [0.3, 0.4) is 0 Å². The summed E-state index contributed by atoms with van der Waals surface area (Å²) in [7, 11) is 1.63. The van der Waals surface area contributed by atoms with Crippen LogP contribution in [0.5, 0.6) is 5.75 Å². The van der Waals surface area contributed by atoms with Crippen LogP contribution in [0, 0.1) is 17.3 Å². The Kier molecular flexibility index (Phi) is 6.42. The monoisotopic (exact) mass is 330 g/mol. The minimum Gasteiger partial charge on any atom is -0.497 e. The Bertz CT molecular complexity index is 607. The number of ketones is 1. The van der Waals surface area contributed by atoms with Crippen molar-refractivity contribution >= 4 is 5.78 Å². The number of methoxy groups -OCH3 is 1. The summed E-state index contributed by atoms with van der Waals surface area (Å²) >= 11 is 0. The summed E-state index contributed by atoms with van der Waals surface area (Å²) in [6.07, 6.45) is 1.16. The number of carbonyl (C=O) groups excluding carboxylic acids is 1. The lowest BCUT2D eigenvalue weighted by Crippen LogP contribution is -2.43. The minimum atomic E-state index is -0.552. The van der Waals surface area contributed by atoms with Crippen LogP contribution in [0.25, 0.3) is 0 Å². The Hall–Kier alpha value is -1.83. The maximum absolute atomic E-state index is 12.6. The molecule has 1 aliphatic rings. The molecule has 0 aromatic heterocycles. The van der Waals surface area contributed by atoms with Gasteiger partial charge in [-0.15, -0.1) is 11.8 Å². The van der Waals surface area contributed by atoms with E-state index in [1.807, 2.05) is 38.1 Å². The molecule has 1 aliphatic heterocycles. The van der Waals surface area contributed by atoms with Gasteiger partial charge in [0.1, 0.15) is 11.5 Å². The predicted octanol–water partition coefficient (Wildman–Crippen LogP) is 3.90. The van der Waals surface area contributed by atoms with Gasteiger partial charge in [0.05, 0.1) is 19.8 Å². The summed E-state index contributed by atoms with van der Waals surface area (Å²) in [5.41, 5.74) is 0.379. The van der Waals surface area contributed by atoms with Crippen molar-refractivity contribution in [2.75, 3.05) is 13.7 Å². The molecule has 0 N–H and O–H groups in total. The molecular formula is C20H26O4. The molecule has 4 heteroatoms. The molecule has 24 heavy (non-hydrogen) atoms. The molecule has 1 fully saturated rings. The van der Waals surface area contributed by atoms with E-state index in [2.05, 4.69) is 11.8 Å².